The first-order valence-electron chi connectivity index (χ1n) is 3.56. The zero-order chi connectivity index (χ0) is 10.0. The second kappa shape index (κ2) is 3.26. The Bertz CT molecular complexity index is 396. The van der Waals surface area contributed by atoms with Crippen LogP contribution in [0.2, 0.25) is 0 Å². The topological polar surface area (TPSA) is 98.2 Å². The molecule has 0 saturated heterocycles. The van der Waals surface area contributed by atoms with Crippen LogP contribution in [0.5, 0.6) is 0 Å². The zero-order valence-corrected chi connectivity index (χ0v) is 7.02. The van der Waals surface area contributed by atoms with Gasteiger partial charge in [-0.15, -0.1) is 0 Å². The number of rotatable bonds is 2. The molecule has 0 radical (unpaired) electrons. The van der Waals surface area contributed by atoms with Gasteiger partial charge < -0.3 is 10.8 Å². The van der Waals surface area contributed by atoms with Crippen molar-refractivity contribution in [3.63, 3.8) is 0 Å². The molecular weight excluding hydrogens is 174 g/mol. The highest BCUT2D eigenvalue weighted by Crippen LogP contribution is 1.93. The number of aromatic nitrogens is 2. The number of aliphatic carboxylic acids is 1. The molecule has 0 aliphatic carbocycles. The van der Waals surface area contributed by atoms with Gasteiger partial charge in [0, 0.05) is 0 Å². The van der Waals surface area contributed by atoms with Gasteiger partial charge in [-0.3, -0.25) is 14.2 Å². The van der Waals surface area contributed by atoms with Gasteiger partial charge in [0.1, 0.15) is 18.1 Å². The van der Waals surface area contributed by atoms with Crippen molar-refractivity contribution in [1.82, 2.24) is 9.55 Å². The number of hydrogen-bond acceptors (Lipinski definition) is 4. The molecule has 0 unspecified atom stereocenters. The fourth-order valence-electron chi connectivity index (χ4n) is 0.912. The Labute approximate surface area is 73.6 Å². The van der Waals surface area contributed by atoms with Gasteiger partial charge in [-0.05, 0) is 6.92 Å². The van der Waals surface area contributed by atoms with Gasteiger partial charge >= 0.3 is 5.97 Å². The highest BCUT2D eigenvalue weighted by atomic mass is 16.4. The second-order valence-corrected chi connectivity index (χ2v) is 2.55. The van der Waals surface area contributed by atoms with Gasteiger partial charge in [-0.2, -0.15) is 0 Å². The molecule has 1 aromatic heterocycles. The number of aryl methyl sites for hydroxylation is 1. The van der Waals surface area contributed by atoms with Crippen LogP contribution in [0.1, 0.15) is 5.82 Å². The van der Waals surface area contributed by atoms with E-state index in [1.807, 2.05) is 0 Å². The Kier molecular flexibility index (Phi) is 2.32. The minimum atomic E-state index is -1.10. The van der Waals surface area contributed by atoms with E-state index in [2.05, 4.69) is 4.98 Å². The Balaban J connectivity index is 3.26. The normalized spacial score (nSPS) is 9.92. The Morgan fingerprint density at radius 3 is 2.92 bits per heavy atom. The molecule has 1 aromatic rings. The van der Waals surface area contributed by atoms with Gasteiger partial charge in [0.05, 0.1) is 6.20 Å². The van der Waals surface area contributed by atoms with Gasteiger partial charge in [-0.25, -0.2) is 4.98 Å². The minimum Gasteiger partial charge on any atom is -0.480 e. The maximum absolute atomic E-state index is 11.3. The fraction of sp³-hybridized carbons (Fsp3) is 0.286. The molecule has 1 heterocycles. The lowest BCUT2D eigenvalue weighted by molar-refractivity contribution is -0.137. The number of carboxylic acids is 1. The molecule has 0 spiro atoms. The maximum atomic E-state index is 11.3. The molecule has 0 aromatic carbocycles. The first kappa shape index (κ1) is 9.24. The molecule has 0 amide bonds. The summed E-state index contributed by atoms with van der Waals surface area (Å²) in [5, 5.41) is 8.48. The van der Waals surface area contributed by atoms with Crippen LogP contribution in [-0.4, -0.2) is 20.6 Å². The molecule has 70 valence electrons. The second-order valence-electron chi connectivity index (χ2n) is 2.55. The summed E-state index contributed by atoms with van der Waals surface area (Å²) in [5.74, 6) is -0.765. The van der Waals surface area contributed by atoms with E-state index in [0.29, 0.717) is 5.82 Å². The van der Waals surface area contributed by atoms with E-state index in [9.17, 15) is 9.59 Å². The smallest absolute Gasteiger partial charge is 0.323 e. The summed E-state index contributed by atoms with van der Waals surface area (Å²) in [6.07, 6.45) is 1.22. The summed E-state index contributed by atoms with van der Waals surface area (Å²) in [6.45, 7) is 1.13. The molecule has 13 heavy (non-hydrogen) atoms. The molecule has 6 heteroatoms. The van der Waals surface area contributed by atoms with Crippen LogP contribution in [0.25, 0.3) is 0 Å². The number of hydrogen-bond donors (Lipinski definition) is 2. The van der Waals surface area contributed by atoms with Crippen molar-refractivity contribution in [3.05, 3.63) is 22.4 Å². The summed E-state index contributed by atoms with van der Waals surface area (Å²) in [6, 6.07) is 0. The van der Waals surface area contributed by atoms with Crippen molar-refractivity contribution in [1.29, 1.82) is 0 Å². The quantitative estimate of drug-likeness (QED) is 0.626. The van der Waals surface area contributed by atoms with E-state index in [-0.39, 0.29) is 5.69 Å². The average molecular weight is 183 g/mol. The van der Waals surface area contributed by atoms with Crippen LogP contribution >= 0.6 is 0 Å². The lowest BCUT2D eigenvalue weighted by atomic mass is 10.4. The van der Waals surface area contributed by atoms with Gasteiger partial charge in [0.2, 0.25) is 0 Å². The summed E-state index contributed by atoms with van der Waals surface area (Å²) < 4.78 is 1.01. The molecule has 0 aliphatic rings. The van der Waals surface area contributed by atoms with Crippen molar-refractivity contribution in [2.24, 2.45) is 0 Å². The number of nitrogen functional groups attached to an aromatic ring is 1. The number of carboxylic acid groups (broad SMARTS) is 1. The molecule has 0 atom stereocenters. The molecule has 1 rings (SSSR count). The predicted molar refractivity (Wildman–Crippen MR) is 45.3 cm³/mol. The number of nitrogens with two attached hydrogens (primary N) is 1. The Hall–Kier alpha value is -1.85. The van der Waals surface area contributed by atoms with Gasteiger partial charge in [-0.1, -0.05) is 0 Å². The van der Waals surface area contributed by atoms with Crippen LogP contribution < -0.4 is 11.3 Å². The lowest BCUT2D eigenvalue weighted by Crippen LogP contribution is -2.28. The predicted octanol–water partition coefficient (Wildman–Crippen LogP) is -0.781. The molecular formula is C7H9N3O3. The molecule has 0 saturated carbocycles. The Morgan fingerprint density at radius 2 is 2.38 bits per heavy atom. The maximum Gasteiger partial charge on any atom is 0.323 e. The van der Waals surface area contributed by atoms with Crippen molar-refractivity contribution >= 4 is 11.7 Å². The lowest BCUT2D eigenvalue weighted by Gasteiger charge is -2.05. The number of carbonyl (C=O) groups is 1. The molecule has 3 N–H and O–H groups in total. The number of anilines is 1. The van der Waals surface area contributed by atoms with Crippen molar-refractivity contribution < 1.29 is 9.90 Å². The molecule has 0 aliphatic heterocycles. The van der Waals surface area contributed by atoms with Crippen molar-refractivity contribution in [2.75, 3.05) is 5.73 Å². The number of nitrogens with zero attached hydrogens (tertiary/aromatic N) is 2. The first-order valence-corrected chi connectivity index (χ1v) is 3.56. The Morgan fingerprint density at radius 1 is 1.77 bits per heavy atom. The fourth-order valence-corrected chi connectivity index (χ4v) is 0.912. The average Bonchev–Trinajstić information content (AvgIpc) is 2.05. The monoisotopic (exact) mass is 183 g/mol. The van der Waals surface area contributed by atoms with Crippen LogP contribution in [-0.2, 0) is 11.3 Å². The largest absolute Gasteiger partial charge is 0.480 e. The van der Waals surface area contributed by atoms with E-state index < -0.39 is 18.1 Å². The molecule has 6 nitrogen and oxygen atoms in total. The van der Waals surface area contributed by atoms with E-state index in [0.717, 1.165) is 4.57 Å². The van der Waals surface area contributed by atoms with Crippen LogP contribution in [0.4, 0.5) is 5.69 Å². The summed E-state index contributed by atoms with van der Waals surface area (Å²) in [7, 11) is 0. The van der Waals surface area contributed by atoms with Crippen molar-refractivity contribution in [3.8, 4) is 0 Å². The summed E-state index contributed by atoms with van der Waals surface area (Å²) >= 11 is 0. The summed E-state index contributed by atoms with van der Waals surface area (Å²) in [5.41, 5.74) is 4.71. The zero-order valence-electron chi connectivity index (χ0n) is 7.02. The SMILES string of the molecule is Cc1ncc(N)c(=O)n1CC(=O)O. The van der Waals surface area contributed by atoms with Gasteiger partial charge in [0.15, 0.2) is 0 Å². The van der Waals surface area contributed by atoms with E-state index >= 15 is 0 Å². The molecule has 0 bridgehead atoms. The van der Waals surface area contributed by atoms with Crippen LogP contribution in [0.3, 0.4) is 0 Å². The molecule has 0 fully saturated rings. The minimum absolute atomic E-state index is 0.0492. The third-order valence-electron chi connectivity index (χ3n) is 1.57. The standard InChI is InChI=1S/C7H9N3O3/c1-4-9-2-5(8)7(13)10(4)3-6(11)12/h2H,3,8H2,1H3,(H,11,12). The van der Waals surface area contributed by atoms with Gasteiger partial charge in [0.25, 0.3) is 5.56 Å². The van der Waals surface area contributed by atoms with E-state index in [1.165, 1.54) is 6.20 Å². The first-order chi connectivity index (χ1) is 6.02. The highest BCUT2D eigenvalue weighted by molar-refractivity contribution is 5.66. The third-order valence-corrected chi connectivity index (χ3v) is 1.57. The highest BCUT2D eigenvalue weighted by Gasteiger charge is 2.07. The van der Waals surface area contributed by atoms with Crippen LogP contribution in [0, 0.1) is 6.92 Å². The summed E-state index contributed by atoms with van der Waals surface area (Å²) in [4.78, 5) is 25.4. The van der Waals surface area contributed by atoms with E-state index in [4.69, 9.17) is 10.8 Å². The van der Waals surface area contributed by atoms with Crippen molar-refractivity contribution in [2.45, 2.75) is 13.5 Å². The van der Waals surface area contributed by atoms with E-state index in [1.54, 1.807) is 6.92 Å². The third kappa shape index (κ3) is 1.84. The van der Waals surface area contributed by atoms with Crippen LogP contribution in [0.15, 0.2) is 11.0 Å².